The number of hydrogen-bond donors (Lipinski definition) is 1. The number of amides is 2. The van der Waals surface area contributed by atoms with Crippen molar-refractivity contribution in [3.05, 3.63) is 82.2 Å². The molecule has 2 aliphatic rings. The number of carbonyl (C=O) groups excluding carboxylic acids is 3. The van der Waals surface area contributed by atoms with Gasteiger partial charge in [0.2, 0.25) is 11.8 Å². The van der Waals surface area contributed by atoms with Crippen molar-refractivity contribution in [2.24, 2.45) is 11.7 Å². The van der Waals surface area contributed by atoms with Crippen molar-refractivity contribution in [3.8, 4) is 0 Å². The first-order chi connectivity index (χ1) is 19.9. The molecule has 8 heteroatoms. The first-order valence-corrected chi connectivity index (χ1v) is 15.5. The van der Waals surface area contributed by atoms with E-state index in [1.807, 2.05) is 52.1 Å². The van der Waals surface area contributed by atoms with E-state index in [1.165, 1.54) is 0 Å². The molecule has 2 N–H and O–H groups in total. The average Bonchev–Trinajstić information content (AvgIpc) is 3.72. The van der Waals surface area contributed by atoms with Crippen LogP contribution >= 0.6 is 11.3 Å². The second-order valence-electron chi connectivity index (χ2n) is 11.2. The van der Waals surface area contributed by atoms with Crippen LogP contribution in [0, 0.1) is 5.92 Å². The van der Waals surface area contributed by atoms with Gasteiger partial charge in [-0.2, -0.15) is 11.3 Å². The Labute approximate surface area is 244 Å². The Morgan fingerprint density at radius 1 is 1.12 bits per heavy atom. The highest BCUT2D eigenvalue weighted by molar-refractivity contribution is 7.07. The van der Waals surface area contributed by atoms with Crippen LogP contribution < -0.4 is 15.5 Å². The fraction of sp³-hybridized carbons (Fsp3) is 0.364. The van der Waals surface area contributed by atoms with Gasteiger partial charge in [-0.25, -0.2) is 0 Å². The van der Waals surface area contributed by atoms with Gasteiger partial charge in [-0.05, 0) is 71.3 Å². The van der Waals surface area contributed by atoms with E-state index in [2.05, 4.69) is 29.8 Å². The number of Topliss-reactive ketones (excluding diaryl/α,β-unsaturated/α-hetero) is 1. The lowest BCUT2D eigenvalue weighted by Crippen LogP contribution is -2.44. The molecule has 0 spiro atoms. The second-order valence-corrected chi connectivity index (χ2v) is 12.0. The number of benzene rings is 2. The Hall–Kier alpha value is -3.75. The van der Waals surface area contributed by atoms with Crippen LogP contribution in [0.5, 0.6) is 0 Å². The number of nitrogens with two attached hydrogens (primary N) is 1. The average molecular weight is 569 g/mol. The number of ketones is 1. The minimum atomic E-state index is -0.691. The van der Waals surface area contributed by atoms with E-state index in [4.69, 9.17) is 5.73 Å². The molecule has 2 atom stereocenters. The highest BCUT2D eigenvalue weighted by atomic mass is 32.1. The number of fused-ring (bicyclic) bond motifs is 2. The van der Waals surface area contributed by atoms with Gasteiger partial charge in [-0.3, -0.25) is 14.4 Å². The molecule has 1 fully saturated rings. The van der Waals surface area contributed by atoms with Crippen molar-refractivity contribution < 1.29 is 14.4 Å². The van der Waals surface area contributed by atoms with E-state index in [-0.39, 0.29) is 24.0 Å². The minimum absolute atomic E-state index is 0.0807. The van der Waals surface area contributed by atoms with Gasteiger partial charge >= 0.3 is 0 Å². The first kappa shape index (κ1) is 27.4. The number of para-hydroxylation sites is 2. The summed E-state index contributed by atoms with van der Waals surface area (Å²) in [5.74, 6) is -0.584. The molecule has 4 heterocycles. The van der Waals surface area contributed by atoms with Crippen LogP contribution in [0.15, 0.2) is 65.5 Å². The molecule has 2 aliphatic heterocycles. The number of aryl methyl sites for hydroxylation is 1. The Bertz CT molecular complexity index is 1590. The van der Waals surface area contributed by atoms with Crippen molar-refractivity contribution >= 4 is 51.2 Å². The van der Waals surface area contributed by atoms with E-state index >= 15 is 0 Å². The minimum Gasteiger partial charge on any atom is -0.347 e. The summed E-state index contributed by atoms with van der Waals surface area (Å²) >= 11 is 1.59. The van der Waals surface area contributed by atoms with Crippen LogP contribution in [0.4, 0.5) is 11.4 Å². The number of anilines is 2. The third-order valence-corrected chi connectivity index (χ3v) is 9.10. The van der Waals surface area contributed by atoms with E-state index in [0.717, 1.165) is 58.4 Å². The number of rotatable bonds is 10. The van der Waals surface area contributed by atoms with Gasteiger partial charge in [0.05, 0.1) is 24.0 Å². The van der Waals surface area contributed by atoms with Crippen LogP contribution in [0.1, 0.15) is 49.3 Å². The summed E-state index contributed by atoms with van der Waals surface area (Å²) < 4.78 is 2.23. The van der Waals surface area contributed by atoms with Crippen molar-refractivity contribution in [2.75, 3.05) is 16.3 Å². The van der Waals surface area contributed by atoms with Crippen molar-refractivity contribution in [3.63, 3.8) is 0 Å². The van der Waals surface area contributed by atoms with E-state index in [9.17, 15) is 14.4 Å². The molecule has 0 aliphatic carbocycles. The highest BCUT2D eigenvalue weighted by Crippen LogP contribution is 2.42. The maximum absolute atomic E-state index is 14.1. The molecule has 1 unspecified atom stereocenters. The Morgan fingerprint density at radius 3 is 2.73 bits per heavy atom. The van der Waals surface area contributed by atoms with Crippen molar-refractivity contribution in [2.45, 2.75) is 64.6 Å². The maximum atomic E-state index is 14.1. The molecule has 2 amide bonds. The molecule has 6 rings (SSSR count). The molecule has 0 bridgehead atoms. The number of hydrogen-bond acceptors (Lipinski definition) is 5. The molecule has 4 aromatic rings. The molecule has 7 nitrogen and oxygen atoms in total. The fourth-order valence-electron chi connectivity index (χ4n) is 6.40. The van der Waals surface area contributed by atoms with Crippen molar-refractivity contribution in [1.29, 1.82) is 0 Å². The summed E-state index contributed by atoms with van der Waals surface area (Å²) in [4.78, 5) is 43.9. The zero-order chi connectivity index (χ0) is 28.5. The fourth-order valence-corrected chi connectivity index (χ4v) is 7.06. The summed E-state index contributed by atoms with van der Waals surface area (Å²) in [7, 11) is 0. The lowest BCUT2D eigenvalue weighted by atomic mass is 9.85. The highest BCUT2D eigenvalue weighted by Gasteiger charge is 2.38. The Morgan fingerprint density at radius 2 is 1.98 bits per heavy atom. The summed E-state index contributed by atoms with van der Waals surface area (Å²) in [6, 6.07) is 15.5. The standard InChI is InChI=1S/C33H36N4O3S/c1-2-13-35-20-25(26-8-3-4-9-28(26)35)17-27(34)30(38)18-24-16-23-7-5-10-29(36-14-6-11-31(36)39)32(23)37(33(24)40)19-22-12-15-41-21-22/h3-5,7-10,12,15,20-21,24,27H,2,6,11,13-14,16-19,34H2,1H3/t24?,27-/m1/s1. The van der Waals surface area contributed by atoms with E-state index in [1.54, 1.807) is 16.2 Å². The zero-order valence-corrected chi connectivity index (χ0v) is 24.2. The van der Waals surface area contributed by atoms with Gasteiger partial charge in [0.15, 0.2) is 5.78 Å². The predicted octanol–water partition coefficient (Wildman–Crippen LogP) is 5.47. The molecular formula is C33H36N4O3S. The van der Waals surface area contributed by atoms with Crippen LogP contribution in [0.2, 0.25) is 0 Å². The predicted molar refractivity (Wildman–Crippen MR) is 164 cm³/mol. The van der Waals surface area contributed by atoms with E-state index in [0.29, 0.717) is 32.4 Å². The van der Waals surface area contributed by atoms with Crippen LogP contribution in [0.25, 0.3) is 10.9 Å². The van der Waals surface area contributed by atoms with Gasteiger partial charge in [-0.1, -0.05) is 37.3 Å². The Balaban J connectivity index is 1.26. The monoisotopic (exact) mass is 568 g/mol. The van der Waals surface area contributed by atoms with Crippen LogP contribution in [-0.4, -0.2) is 34.8 Å². The molecule has 0 radical (unpaired) electrons. The SMILES string of the molecule is CCCn1cc(C[C@@H](N)C(=O)CC2Cc3cccc(N4CCCC4=O)c3N(Cc3ccsc3)C2=O)c2ccccc21. The van der Waals surface area contributed by atoms with Gasteiger partial charge in [0.1, 0.15) is 0 Å². The van der Waals surface area contributed by atoms with Crippen LogP contribution in [0.3, 0.4) is 0 Å². The van der Waals surface area contributed by atoms with Crippen LogP contribution in [-0.2, 0) is 40.3 Å². The maximum Gasteiger partial charge on any atom is 0.231 e. The molecule has 1 saturated heterocycles. The molecule has 41 heavy (non-hydrogen) atoms. The summed E-state index contributed by atoms with van der Waals surface area (Å²) in [5.41, 5.74) is 12.4. The van der Waals surface area contributed by atoms with Gasteiger partial charge < -0.3 is 20.1 Å². The quantitative estimate of drug-likeness (QED) is 0.275. The lowest BCUT2D eigenvalue weighted by Gasteiger charge is -2.37. The van der Waals surface area contributed by atoms with Crippen molar-refractivity contribution in [1.82, 2.24) is 4.57 Å². The Kier molecular flexibility index (Phi) is 7.77. The smallest absolute Gasteiger partial charge is 0.231 e. The third kappa shape index (κ3) is 5.34. The first-order valence-electron chi connectivity index (χ1n) is 14.5. The summed E-state index contributed by atoms with van der Waals surface area (Å²) in [6.45, 7) is 4.12. The van der Waals surface area contributed by atoms with Gasteiger partial charge in [-0.15, -0.1) is 0 Å². The normalized spacial score (nSPS) is 17.9. The topological polar surface area (TPSA) is 88.6 Å². The van der Waals surface area contributed by atoms with Gasteiger partial charge in [0.25, 0.3) is 0 Å². The molecule has 2 aromatic carbocycles. The molecule has 0 saturated carbocycles. The number of thiophene rings is 1. The zero-order valence-electron chi connectivity index (χ0n) is 23.4. The number of nitrogens with zero attached hydrogens (tertiary/aromatic N) is 3. The van der Waals surface area contributed by atoms with Gasteiger partial charge in [0, 0.05) is 48.9 Å². The van der Waals surface area contributed by atoms with E-state index < -0.39 is 12.0 Å². The number of carbonyl (C=O) groups is 3. The molecule has 212 valence electrons. The third-order valence-electron chi connectivity index (χ3n) is 8.37. The summed E-state index contributed by atoms with van der Waals surface area (Å²) in [6.07, 6.45) is 5.46. The summed E-state index contributed by atoms with van der Waals surface area (Å²) in [5, 5.41) is 5.16. The molecular weight excluding hydrogens is 532 g/mol. The number of aromatic nitrogens is 1. The largest absolute Gasteiger partial charge is 0.347 e. The molecule has 2 aromatic heterocycles. The lowest BCUT2D eigenvalue weighted by molar-refractivity contribution is -0.128. The second kappa shape index (κ2) is 11.6.